The van der Waals surface area contributed by atoms with E-state index in [1.165, 1.54) is 12.0 Å². The Bertz CT molecular complexity index is 316. The summed E-state index contributed by atoms with van der Waals surface area (Å²) in [5.74, 6) is 0.765. The lowest BCUT2D eigenvalue weighted by molar-refractivity contribution is 0.201. The average Bonchev–Trinajstić information content (AvgIpc) is 2.26. The third-order valence-electron chi connectivity index (χ3n) is 3.02. The molecule has 0 aliphatic rings. The molecule has 1 aromatic rings. The molecule has 0 fully saturated rings. The van der Waals surface area contributed by atoms with Crippen molar-refractivity contribution in [2.24, 2.45) is 5.92 Å². The van der Waals surface area contributed by atoms with E-state index < -0.39 is 0 Å². The molecule has 0 unspecified atom stereocenters. The summed E-state index contributed by atoms with van der Waals surface area (Å²) in [5.41, 5.74) is 1.34. The summed E-state index contributed by atoms with van der Waals surface area (Å²) >= 11 is 5.90. The van der Waals surface area contributed by atoms with Crippen LogP contribution in [0.1, 0.15) is 39.7 Å². The topological polar surface area (TPSA) is 3.24 Å². The molecule has 0 spiro atoms. The minimum Gasteiger partial charge on any atom is -0.297 e. The van der Waals surface area contributed by atoms with Gasteiger partial charge in [0.1, 0.15) is 0 Å². The van der Waals surface area contributed by atoms with E-state index in [1.807, 2.05) is 12.1 Å². The smallest absolute Gasteiger partial charge is 0.0406 e. The molecule has 0 aliphatic carbocycles. The zero-order valence-electron chi connectivity index (χ0n) is 11.4. The van der Waals surface area contributed by atoms with Crippen molar-refractivity contribution >= 4 is 11.6 Å². The fourth-order valence-corrected chi connectivity index (χ4v) is 1.89. The van der Waals surface area contributed by atoms with Gasteiger partial charge in [-0.05, 0) is 50.4 Å². The molecule has 1 rings (SSSR count). The summed E-state index contributed by atoms with van der Waals surface area (Å²) in [6, 6.07) is 8.76. The number of halogens is 1. The summed E-state index contributed by atoms with van der Waals surface area (Å²) in [7, 11) is 0. The van der Waals surface area contributed by atoms with Gasteiger partial charge < -0.3 is 0 Å². The Balaban J connectivity index is 2.57. The molecular weight excluding hydrogens is 230 g/mol. The molecule has 96 valence electrons. The Morgan fingerprint density at radius 2 is 1.65 bits per heavy atom. The molecule has 1 nitrogen and oxygen atoms in total. The van der Waals surface area contributed by atoms with E-state index in [9.17, 15) is 0 Å². The van der Waals surface area contributed by atoms with Crippen LogP contribution in [-0.2, 0) is 6.54 Å². The molecule has 0 aromatic heterocycles. The van der Waals surface area contributed by atoms with Crippen LogP contribution in [0.15, 0.2) is 24.3 Å². The van der Waals surface area contributed by atoms with E-state index in [2.05, 4.69) is 44.7 Å². The van der Waals surface area contributed by atoms with Crippen LogP contribution in [0.25, 0.3) is 0 Å². The van der Waals surface area contributed by atoms with Gasteiger partial charge in [-0.3, -0.25) is 4.90 Å². The van der Waals surface area contributed by atoms with Crippen molar-refractivity contribution in [2.45, 2.75) is 46.7 Å². The average molecular weight is 254 g/mol. The van der Waals surface area contributed by atoms with Gasteiger partial charge in [0.2, 0.25) is 0 Å². The van der Waals surface area contributed by atoms with Crippen LogP contribution >= 0.6 is 11.6 Å². The SMILES string of the molecule is CC(C)CCN(Cc1ccc(Cl)cc1)C(C)C. The van der Waals surface area contributed by atoms with Crippen LogP contribution in [0.5, 0.6) is 0 Å². The second-order valence-corrected chi connectivity index (χ2v) is 5.81. The second kappa shape index (κ2) is 7.03. The molecule has 17 heavy (non-hydrogen) atoms. The van der Waals surface area contributed by atoms with Crippen LogP contribution in [0.4, 0.5) is 0 Å². The Morgan fingerprint density at radius 1 is 1.06 bits per heavy atom. The Kier molecular flexibility index (Phi) is 6.01. The first-order valence-corrected chi connectivity index (χ1v) is 6.85. The van der Waals surface area contributed by atoms with Gasteiger partial charge >= 0.3 is 0 Å². The Hall–Kier alpha value is -0.530. The molecule has 0 bridgehead atoms. The molecule has 0 saturated carbocycles. The van der Waals surface area contributed by atoms with Crippen molar-refractivity contribution in [3.05, 3.63) is 34.9 Å². The second-order valence-electron chi connectivity index (χ2n) is 5.37. The predicted octanol–water partition coefficient (Wildman–Crippen LogP) is 4.60. The summed E-state index contributed by atoms with van der Waals surface area (Å²) in [4.78, 5) is 2.52. The maximum atomic E-state index is 5.90. The van der Waals surface area contributed by atoms with Gasteiger partial charge in [-0.25, -0.2) is 0 Å². The van der Waals surface area contributed by atoms with E-state index in [0.29, 0.717) is 6.04 Å². The fourth-order valence-electron chi connectivity index (χ4n) is 1.77. The van der Waals surface area contributed by atoms with Crippen molar-refractivity contribution in [2.75, 3.05) is 6.54 Å². The first-order valence-electron chi connectivity index (χ1n) is 6.47. The quantitative estimate of drug-likeness (QED) is 0.716. The van der Waals surface area contributed by atoms with Gasteiger partial charge in [-0.2, -0.15) is 0 Å². The first kappa shape index (κ1) is 14.5. The van der Waals surface area contributed by atoms with Crippen LogP contribution in [0.3, 0.4) is 0 Å². The van der Waals surface area contributed by atoms with Crippen molar-refractivity contribution in [3.8, 4) is 0 Å². The number of rotatable bonds is 6. The summed E-state index contributed by atoms with van der Waals surface area (Å²) in [6.45, 7) is 11.3. The monoisotopic (exact) mass is 253 g/mol. The fraction of sp³-hybridized carbons (Fsp3) is 0.600. The zero-order chi connectivity index (χ0) is 12.8. The third-order valence-corrected chi connectivity index (χ3v) is 3.27. The molecule has 0 atom stereocenters. The van der Waals surface area contributed by atoms with Crippen molar-refractivity contribution in [3.63, 3.8) is 0 Å². The molecule has 0 heterocycles. The third kappa shape index (κ3) is 5.56. The molecular formula is C15H24ClN. The van der Waals surface area contributed by atoms with E-state index >= 15 is 0 Å². The lowest BCUT2D eigenvalue weighted by Gasteiger charge is -2.27. The van der Waals surface area contributed by atoms with E-state index in [4.69, 9.17) is 11.6 Å². The van der Waals surface area contributed by atoms with Gasteiger partial charge in [0.25, 0.3) is 0 Å². The highest BCUT2D eigenvalue weighted by Gasteiger charge is 2.10. The van der Waals surface area contributed by atoms with E-state index in [0.717, 1.165) is 24.0 Å². The maximum absolute atomic E-state index is 5.90. The normalized spacial score (nSPS) is 11.8. The van der Waals surface area contributed by atoms with E-state index in [-0.39, 0.29) is 0 Å². The highest BCUT2D eigenvalue weighted by atomic mass is 35.5. The van der Waals surface area contributed by atoms with Gasteiger partial charge in [-0.15, -0.1) is 0 Å². The summed E-state index contributed by atoms with van der Waals surface area (Å²) in [5, 5.41) is 0.812. The van der Waals surface area contributed by atoms with Crippen molar-refractivity contribution in [1.82, 2.24) is 4.90 Å². The van der Waals surface area contributed by atoms with Gasteiger partial charge in [0.15, 0.2) is 0 Å². The van der Waals surface area contributed by atoms with Gasteiger partial charge in [0, 0.05) is 17.6 Å². The molecule has 0 N–H and O–H groups in total. The van der Waals surface area contributed by atoms with Crippen LogP contribution in [0, 0.1) is 5.92 Å². The predicted molar refractivity (Wildman–Crippen MR) is 76.5 cm³/mol. The number of nitrogens with zero attached hydrogens (tertiary/aromatic N) is 1. The first-order chi connectivity index (χ1) is 7.99. The minimum atomic E-state index is 0.587. The van der Waals surface area contributed by atoms with Gasteiger partial charge in [-0.1, -0.05) is 37.6 Å². The summed E-state index contributed by atoms with van der Waals surface area (Å²) in [6.07, 6.45) is 1.26. The lowest BCUT2D eigenvalue weighted by Crippen LogP contribution is -2.31. The number of hydrogen-bond donors (Lipinski definition) is 0. The molecule has 0 aliphatic heterocycles. The maximum Gasteiger partial charge on any atom is 0.0406 e. The van der Waals surface area contributed by atoms with Crippen LogP contribution in [0.2, 0.25) is 5.02 Å². The van der Waals surface area contributed by atoms with E-state index in [1.54, 1.807) is 0 Å². The van der Waals surface area contributed by atoms with Gasteiger partial charge in [0.05, 0.1) is 0 Å². The lowest BCUT2D eigenvalue weighted by atomic mass is 10.1. The number of benzene rings is 1. The van der Waals surface area contributed by atoms with Crippen molar-refractivity contribution in [1.29, 1.82) is 0 Å². The standard InChI is InChI=1S/C15H24ClN/c1-12(2)9-10-17(13(3)4)11-14-5-7-15(16)8-6-14/h5-8,12-13H,9-11H2,1-4H3. The molecule has 0 amide bonds. The molecule has 0 radical (unpaired) electrons. The minimum absolute atomic E-state index is 0.587. The molecule has 0 saturated heterocycles. The Labute approximate surface area is 111 Å². The summed E-state index contributed by atoms with van der Waals surface area (Å²) < 4.78 is 0. The highest BCUT2D eigenvalue weighted by Crippen LogP contribution is 2.14. The number of hydrogen-bond acceptors (Lipinski definition) is 1. The largest absolute Gasteiger partial charge is 0.297 e. The Morgan fingerprint density at radius 3 is 2.12 bits per heavy atom. The van der Waals surface area contributed by atoms with Crippen LogP contribution in [-0.4, -0.2) is 17.5 Å². The zero-order valence-corrected chi connectivity index (χ0v) is 12.2. The molecule has 1 aromatic carbocycles. The van der Waals surface area contributed by atoms with Crippen molar-refractivity contribution < 1.29 is 0 Å². The highest BCUT2D eigenvalue weighted by molar-refractivity contribution is 6.30. The van der Waals surface area contributed by atoms with Crippen LogP contribution < -0.4 is 0 Å². The molecule has 2 heteroatoms.